The molecule has 13 heteroatoms. The predicted octanol–water partition coefficient (Wildman–Crippen LogP) is 5.16. The van der Waals surface area contributed by atoms with Crippen molar-refractivity contribution in [1.29, 1.82) is 0 Å². The van der Waals surface area contributed by atoms with Crippen molar-refractivity contribution in [3.8, 4) is 28.8 Å². The summed E-state index contributed by atoms with van der Waals surface area (Å²) in [5.74, 6) is -0.0501. The molecule has 3 aromatic heterocycles. The third kappa shape index (κ3) is 4.92. The lowest BCUT2D eigenvalue weighted by molar-refractivity contribution is 0.0781. The second-order valence-corrected chi connectivity index (χ2v) is 8.10. The van der Waals surface area contributed by atoms with Crippen LogP contribution in [0.1, 0.15) is 5.69 Å². The lowest BCUT2D eigenvalue weighted by Gasteiger charge is -2.14. The van der Waals surface area contributed by atoms with Gasteiger partial charge in [0.15, 0.2) is 0 Å². The van der Waals surface area contributed by atoms with Gasteiger partial charge in [-0.25, -0.2) is 13.8 Å². The largest absolute Gasteiger partial charge is 0.478 e. The Morgan fingerprint density at radius 1 is 1.12 bits per heavy atom. The molecule has 0 saturated carbocycles. The van der Waals surface area contributed by atoms with E-state index in [1.54, 1.807) is 24.7 Å². The molecule has 34 heavy (non-hydrogen) atoms. The van der Waals surface area contributed by atoms with E-state index in [0.717, 1.165) is 27.1 Å². The molecule has 0 aliphatic rings. The van der Waals surface area contributed by atoms with Gasteiger partial charge in [0.1, 0.15) is 6.61 Å². The molecule has 4 rings (SSSR count). The van der Waals surface area contributed by atoms with Crippen LogP contribution in [0.3, 0.4) is 0 Å². The maximum atomic E-state index is 12.6. The Hall–Kier alpha value is -3.38. The van der Waals surface area contributed by atoms with E-state index >= 15 is 0 Å². The molecule has 0 aliphatic heterocycles. The number of alkyl halides is 2. The number of H-pyrrole nitrogens is 1. The summed E-state index contributed by atoms with van der Waals surface area (Å²) in [4.78, 5) is 21.2. The molecule has 0 amide bonds. The summed E-state index contributed by atoms with van der Waals surface area (Å²) in [6, 6.07) is 3.67. The standard InChI is InChI=1S/C21H19ClF2N6O3S/c1-10-6-25-7-13(27-10)16-12(22)5-4-11-14(8-26-17(11)16)34-30-21-28-19(31-2)18(20(29-21)32-3)33-9-15(23)24/h4-8,15,26H,9H2,1-3H3,(H,28,29,30). The number of methoxy groups -OCH3 is 2. The van der Waals surface area contributed by atoms with E-state index in [-0.39, 0.29) is 23.5 Å². The second-order valence-electron chi connectivity index (χ2n) is 6.84. The molecule has 0 bridgehead atoms. The van der Waals surface area contributed by atoms with Crippen LogP contribution in [0.4, 0.5) is 14.7 Å². The topological polar surface area (TPSA) is 107 Å². The van der Waals surface area contributed by atoms with Gasteiger partial charge in [0.25, 0.3) is 18.2 Å². The molecule has 4 aromatic rings. The Labute approximate surface area is 202 Å². The minimum atomic E-state index is -2.67. The summed E-state index contributed by atoms with van der Waals surface area (Å²) in [5.41, 5.74) is 2.96. The summed E-state index contributed by atoms with van der Waals surface area (Å²) < 4.78 is 43.6. The SMILES string of the molecule is COc1nc(NSc2c[nH]c3c(-c4cncc(C)n4)c(Cl)ccc23)nc(OC)c1OCC(F)F. The first-order valence-electron chi connectivity index (χ1n) is 9.83. The molecule has 3 heterocycles. The van der Waals surface area contributed by atoms with Crippen molar-refractivity contribution < 1.29 is 23.0 Å². The molecule has 0 unspecified atom stereocenters. The van der Waals surface area contributed by atoms with E-state index in [0.29, 0.717) is 10.7 Å². The maximum absolute atomic E-state index is 12.6. The molecule has 2 N–H and O–H groups in total. The highest BCUT2D eigenvalue weighted by atomic mass is 35.5. The monoisotopic (exact) mass is 508 g/mol. The van der Waals surface area contributed by atoms with Crippen molar-refractivity contribution in [2.75, 3.05) is 25.5 Å². The highest BCUT2D eigenvalue weighted by Crippen LogP contribution is 2.39. The van der Waals surface area contributed by atoms with Crippen LogP contribution in [0, 0.1) is 6.92 Å². The number of aromatic nitrogens is 5. The van der Waals surface area contributed by atoms with Gasteiger partial charge in [-0.15, -0.1) is 0 Å². The fourth-order valence-electron chi connectivity index (χ4n) is 3.17. The second kappa shape index (κ2) is 10.3. The molecule has 0 aliphatic carbocycles. The van der Waals surface area contributed by atoms with Crippen LogP contribution in [0.2, 0.25) is 5.02 Å². The van der Waals surface area contributed by atoms with Crippen molar-refractivity contribution in [3.63, 3.8) is 0 Å². The zero-order valence-electron chi connectivity index (χ0n) is 18.2. The normalized spacial score (nSPS) is 11.1. The maximum Gasteiger partial charge on any atom is 0.272 e. The summed E-state index contributed by atoms with van der Waals surface area (Å²) in [6.07, 6.45) is 2.46. The third-order valence-corrected chi connectivity index (χ3v) is 5.73. The van der Waals surface area contributed by atoms with Crippen molar-refractivity contribution in [1.82, 2.24) is 24.9 Å². The van der Waals surface area contributed by atoms with Gasteiger partial charge < -0.3 is 19.2 Å². The number of aryl methyl sites for hydroxylation is 1. The number of hydrogen-bond donors (Lipinski definition) is 2. The molecule has 0 atom stereocenters. The number of nitrogens with zero attached hydrogens (tertiary/aromatic N) is 4. The fourth-order valence-corrected chi connectivity index (χ4v) is 4.11. The molecule has 0 spiro atoms. The highest BCUT2D eigenvalue weighted by molar-refractivity contribution is 8.00. The van der Waals surface area contributed by atoms with Gasteiger partial charge in [-0.2, -0.15) is 9.97 Å². The minimum Gasteiger partial charge on any atom is -0.478 e. The van der Waals surface area contributed by atoms with Crippen LogP contribution in [0.5, 0.6) is 17.5 Å². The number of aromatic amines is 1. The van der Waals surface area contributed by atoms with Crippen LogP contribution >= 0.6 is 23.5 Å². The number of benzene rings is 1. The van der Waals surface area contributed by atoms with Gasteiger partial charge in [-0.1, -0.05) is 17.7 Å². The molecule has 0 saturated heterocycles. The number of halogens is 3. The van der Waals surface area contributed by atoms with Gasteiger partial charge >= 0.3 is 0 Å². The quantitative estimate of drug-likeness (QED) is 0.296. The zero-order valence-corrected chi connectivity index (χ0v) is 19.8. The minimum absolute atomic E-state index is 0.0402. The van der Waals surface area contributed by atoms with Gasteiger partial charge in [-0.3, -0.25) is 9.71 Å². The van der Waals surface area contributed by atoms with Gasteiger partial charge in [0.2, 0.25) is 11.7 Å². The Balaban J connectivity index is 1.62. The van der Waals surface area contributed by atoms with Crippen molar-refractivity contribution in [3.05, 3.63) is 41.4 Å². The van der Waals surface area contributed by atoms with Gasteiger partial charge in [0, 0.05) is 23.3 Å². The predicted molar refractivity (Wildman–Crippen MR) is 125 cm³/mol. The van der Waals surface area contributed by atoms with Crippen LogP contribution in [-0.4, -0.2) is 52.2 Å². The molecule has 0 fully saturated rings. The van der Waals surface area contributed by atoms with Gasteiger partial charge in [-0.05, 0) is 24.9 Å². The number of fused-ring (bicyclic) bond motifs is 1. The smallest absolute Gasteiger partial charge is 0.272 e. The number of nitrogens with one attached hydrogen (secondary N) is 2. The van der Waals surface area contributed by atoms with Crippen molar-refractivity contribution in [2.24, 2.45) is 0 Å². The van der Waals surface area contributed by atoms with Crippen molar-refractivity contribution in [2.45, 2.75) is 18.2 Å². The Morgan fingerprint density at radius 3 is 2.50 bits per heavy atom. The van der Waals surface area contributed by atoms with Crippen molar-refractivity contribution >= 4 is 40.4 Å². The van der Waals surface area contributed by atoms with Crippen LogP contribution in [-0.2, 0) is 0 Å². The average molecular weight is 509 g/mol. The van der Waals surface area contributed by atoms with Crippen LogP contribution in [0.15, 0.2) is 35.6 Å². The lowest BCUT2D eigenvalue weighted by atomic mass is 10.1. The summed E-state index contributed by atoms with van der Waals surface area (Å²) in [7, 11) is 2.68. The summed E-state index contributed by atoms with van der Waals surface area (Å²) >= 11 is 7.71. The fraction of sp³-hybridized carbons (Fsp3) is 0.238. The molecule has 178 valence electrons. The first-order chi connectivity index (χ1) is 16.4. The Bertz CT molecular complexity index is 1300. The van der Waals surface area contributed by atoms with Crippen LogP contribution in [0.25, 0.3) is 22.2 Å². The van der Waals surface area contributed by atoms with E-state index < -0.39 is 13.0 Å². The Morgan fingerprint density at radius 2 is 1.85 bits per heavy atom. The molecule has 0 radical (unpaired) electrons. The molecular weight excluding hydrogens is 490 g/mol. The van der Waals surface area contributed by atoms with E-state index in [1.807, 2.05) is 13.0 Å². The van der Waals surface area contributed by atoms with E-state index in [2.05, 4.69) is 29.6 Å². The van der Waals surface area contributed by atoms with E-state index in [9.17, 15) is 8.78 Å². The number of hydrogen-bond acceptors (Lipinski definition) is 9. The first kappa shape index (κ1) is 23.8. The van der Waals surface area contributed by atoms with E-state index in [1.165, 1.54) is 26.2 Å². The molecular formula is C21H19ClF2N6O3S. The molecule has 1 aromatic carbocycles. The van der Waals surface area contributed by atoms with E-state index in [4.69, 9.17) is 25.8 Å². The van der Waals surface area contributed by atoms with Gasteiger partial charge in [0.05, 0.1) is 47.2 Å². The third-order valence-electron chi connectivity index (χ3n) is 4.57. The Kier molecular flexibility index (Phi) is 7.17. The summed E-state index contributed by atoms with van der Waals surface area (Å²) in [5, 5.41) is 1.42. The lowest BCUT2D eigenvalue weighted by Crippen LogP contribution is -2.11. The number of ether oxygens (including phenoxy) is 3. The number of anilines is 1. The zero-order chi connectivity index (χ0) is 24.2. The number of rotatable bonds is 9. The molecule has 9 nitrogen and oxygen atoms in total. The van der Waals surface area contributed by atoms with Crippen LogP contribution < -0.4 is 18.9 Å². The summed E-state index contributed by atoms with van der Waals surface area (Å²) in [6.45, 7) is 1.01. The average Bonchev–Trinajstić information content (AvgIpc) is 3.23. The first-order valence-corrected chi connectivity index (χ1v) is 11.0. The highest BCUT2D eigenvalue weighted by Gasteiger charge is 2.20.